The highest BCUT2D eigenvalue weighted by Gasteiger charge is 2.52. The van der Waals surface area contributed by atoms with Crippen molar-refractivity contribution < 1.29 is 23.7 Å². The zero-order valence-corrected chi connectivity index (χ0v) is 22.1. The molecule has 0 radical (unpaired) electrons. The van der Waals surface area contributed by atoms with E-state index in [1.807, 2.05) is 109 Å². The summed E-state index contributed by atoms with van der Waals surface area (Å²) in [4.78, 5) is 9.20. The van der Waals surface area contributed by atoms with Crippen molar-refractivity contribution in [3.63, 3.8) is 0 Å². The number of pyridine rings is 1. The first kappa shape index (κ1) is 26.3. The minimum atomic E-state index is -0.570. The Morgan fingerprint density at radius 2 is 1.20 bits per heavy atom. The van der Waals surface area contributed by atoms with Gasteiger partial charge >= 0.3 is 0 Å². The van der Waals surface area contributed by atoms with E-state index >= 15 is 0 Å². The van der Waals surface area contributed by atoms with Gasteiger partial charge in [-0.1, -0.05) is 97.1 Å². The lowest BCUT2D eigenvalue weighted by molar-refractivity contribution is -0.249. The topological polar surface area (TPSA) is 71.4 Å². The second-order valence-corrected chi connectivity index (χ2v) is 9.82. The number of aromatic nitrogens is 1. The van der Waals surface area contributed by atoms with Crippen LogP contribution < -0.4 is 0 Å². The number of ether oxygens (including phenoxy) is 5. The Morgan fingerprint density at radius 1 is 0.625 bits per heavy atom. The summed E-state index contributed by atoms with van der Waals surface area (Å²) in [6.07, 6.45) is -0.687. The van der Waals surface area contributed by atoms with Crippen molar-refractivity contribution in [2.45, 2.75) is 50.5 Å². The molecule has 0 unspecified atom stereocenters. The minimum Gasteiger partial charge on any atom is -0.465 e. The Bertz CT molecular complexity index is 1360. The molecule has 7 heteroatoms. The van der Waals surface area contributed by atoms with Crippen LogP contribution in [0.5, 0.6) is 0 Å². The van der Waals surface area contributed by atoms with Crippen LogP contribution >= 0.6 is 0 Å². The van der Waals surface area contributed by atoms with Crippen LogP contribution in [0.15, 0.2) is 120 Å². The Morgan fingerprint density at radius 3 is 1.80 bits per heavy atom. The van der Waals surface area contributed by atoms with Gasteiger partial charge < -0.3 is 23.7 Å². The number of aliphatic imine (C=N–C) groups is 1. The Balaban J connectivity index is 1.25. The monoisotopic (exact) mass is 536 g/mol. The van der Waals surface area contributed by atoms with E-state index in [9.17, 15) is 0 Å². The fraction of sp³-hybridized carbons (Fsp3) is 0.273. The number of hydrogen-bond donors (Lipinski definition) is 0. The molecule has 0 spiro atoms. The maximum absolute atomic E-state index is 6.58. The van der Waals surface area contributed by atoms with Crippen LogP contribution in [0, 0.1) is 0 Å². The van der Waals surface area contributed by atoms with Crippen molar-refractivity contribution in [3.8, 4) is 0 Å². The van der Waals surface area contributed by atoms with E-state index in [1.54, 1.807) is 6.20 Å². The van der Waals surface area contributed by atoms with Gasteiger partial charge in [-0.3, -0.25) is 4.98 Å². The standard InChI is InChI=1S/C33H32N2O5/c1-4-12-24(13-5-1)20-36-23-28-29(37-21-25-14-6-2-7-15-25)30(38-22-26-16-8-3-9-17-26)31-33(39-28)35-32(40-31)27-18-10-11-19-34-27/h1-19,28-31,33H,20-23H2/t28-,29-,30+,31-,33+/m1/s1. The molecule has 204 valence electrons. The van der Waals surface area contributed by atoms with E-state index in [1.165, 1.54) is 0 Å². The third-order valence-corrected chi connectivity index (χ3v) is 6.95. The number of nitrogens with zero attached hydrogens (tertiary/aromatic N) is 2. The van der Waals surface area contributed by atoms with Gasteiger partial charge in [0.05, 0.1) is 26.4 Å². The van der Waals surface area contributed by atoms with Gasteiger partial charge in [-0.15, -0.1) is 0 Å². The lowest BCUT2D eigenvalue weighted by atomic mass is 9.97. The van der Waals surface area contributed by atoms with Gasteiger partial charge in [-0.2, -0.15) is 0 Å². The highest BCUT2D eigenvalue weighted by Crippen LogP contribution is 2.34. The molecule has 2 aliphatic heterocycles. The van der Waals surface area contributed by atoms with Gasteiger partial charge in [-0.05, 0) is 28.8 Å². The first-order valence-electron chi connectivity index (χ1n) is 13.6. The van der Waals surface area contributed by atoms with Crippen molar-refractivity contribution in [2.75, 3.05) is 6.61 Å². The van der Waals surface area contributed by atoms with Crippen molar-refractivity contribution >= 4 is 5.90 Å². The van der Waals surface area contributed by atoms with Crippen LogP contribution in [0.1, 0.15) is 22.4 Å². The van der Waals surface area contributed by atoms with Gasteiger partial charge in [-0.25, -0.2) is 4.99 Å². The molecule has 40 heavy (non-hydrogen) atoms. The fourth-order valence-corrected chi connectivity index (χ4v) is 4.94. The molecule has 1 aromatic heterocycles. The summed E-state index contributed by atoms with van der Waals surface area (Å²) in [5, 5.41) is 0. The highest BCUT2D eigenvalue weighted by atomic mass is 16.6. The van der Waals surface area contributed by atoms with Crippen LogP contribution in [0.3, 0.4) is 0 Å². The maximum atomic E-state index is 6.58. The summed E-state index contributed by atoms with van der Waals surface area (Å²) in [6, 6.07) is 35.9. The van der Waals surface area contributed by atoms with Gasteiger partial charge in [0.2, 0.25) is 5.90 Å². The zero-order valence-electron chi connectivity index (χ0n) is 22.1. The quantitative estimate of drug-likeness (QED) is 0.258. The van der Waals surface area contributed by atoms with E-state index in [4.69, 9.17) is 28.7 Å². The summed E-state index contributed by atoms with van der Waals surface area (Å²) in [6.45, 7) is 1.59. The van der Waals surface area contributed by atoms with Crippen molar-refractivity contribution in [1.29, 1.82) is 0 Å². The van der Waals surface area contributed by atoms with E-state index in [-0.39, 0.29) is 0 Å². The SMILES string of the molecule is c1ccc(COC[C@H]2O[C@@H]3N=C(c4ccccn4)O[C@@H]3[C@@H](OCc3ccccc3)[C@@H]2OCc2ccccc2)cc1. The Labute approximate surface area is 234 Å². The third kappa shape index (κ3) is 6.46. The van der Waals surface area contributed by atoms with E-state index < -0.39 is 30.6 Å². The number of hydrogen-bond acceptors (Lipinski definition) is 7. The molecule has 2 aliphatic rings. The molecule has 3 heterocycles. The number of fused-ring (bicyclic) bond motifs is 1. The van der Waals surface area contributed by atoms with Gasteiger partial charge in [0.25, 0.3) is 0 Å². The second-order valence-electron chi connectivity index (χ2n) is 9.82. The first-order valence-corrected chi connectivity index (χ1v) is 13.6. The predicted molar refractivity (Wildman–Crippen MR) is 150 cm³/mol. The summed E-state index contributed by atoms with van der Waals surface area (Å²) in [7, 11) is 0. The molecule has 1 saturated heterocycles. The molecule has 4 aromatic rings. The van der Waals surface area contributed by atoms with Crippen LogP contribution in [0.25, 0.3) is 0 Å². The van der Waals surface area contributed by atoms with Crippen molar-refractivity contribution in [2.24, 2.45) is 4.99 Å². The van der Waals surface area contributed by atoms with Crippen LogP contribution in [-0.2, 0) is 43.5 Å². The molecule has 1 fully saturated rings. The minimum absolute atomic E-state index is 0.317. The molecule has 7 nitrogen and oxygen atoms in total. The molecular weight excluding hydrogens is 504 g/mol. The molecule has 3 aromatic carbocycles. The number of benzene rings is 3. The first-order chi connectivity index (χ1) is 19.8. The van der Waals surface area contributed by atoms with E-state index in [0.717, 1.165) is 16.7 Å². The average Bonchev–Trinajstić information content (AvgIpc) is 3.45. The Hall–Kier alpha value is -3.88. The molecule has 0 bridgehead atoms. The van der Waals surface area contributed by atoms with Crippen molar-refractivity contribution in [3.05, 3.63) is 138 Å². The number of rotatable bonds is 11. The molecule has 0 N–H and O–H groups in total. The van der Waals surface area contributed by atoms with E-state index in [0.29, 0.717) is 38.0 Å². The van der Waals surface area contributed by atoms with Gasteiger partial charge in [0.15, 0.2) is 12.3 Å². The van der Waals surface area contributed by atoms with Gasteiger partial charge in [0, 0.05) is 6.20 Å². The molecule has 0 amide bonds. The van der Waals surface area contributed by atoms with Gasteiger partial charge in [0.1, 0.15) is 24.0 Å². The Kier molecular flexibility index (Phi) is 8.55. The summed E-state index contributed by atoms with van der Waals surface area (Å²) in [5.74, 6) is 0.441. The summed E-state index contributed by atoms with van der Waals surface area (Å²) in [5.41, 5.74) is 3.87. The normalized spacial score (nSPS) is 23.7. The summed E-state index contributed by atoms with van der Waals surface area (Å²) < 4.78 is 32.2. The van der Waals surface area contributed by atoms with Crippen LogP contribution in [0.4, 0.5) is 0 Å². The third-order valence-electron chi connectivity index (χ3n) is 6.95. The lowest BCUT2D eigenvalue weighted by Gasteiger charge is -2.42. The zero-order chi connectivity index (χ0) is 27.0. The predicted octanol–water partition coefficient (Wildman–Crippen LogP) is 5.34. The lowest BCUT2D eigenvalue weighted by Crippen LogP contribution is -2.59. The molecular formula is C33H32N2O5. The van der Waals surface area contributed by atoms with Crippen molar-refractivity contribution in [1.82, 2.24) is 4.98 Å². The largest absolute Gasteiger partial charge is 0.465 e. The van der Waals surface area contributed by atoms with E-state index in [2.05, 4.69) is 4.98 Å². The maximum Gasteiger partial charge on any atom is 0.238 e. The smallest absolute Gasteiger partial charge is 0.238 e. The van der Waals surface area contributed by atoms with Crippen LogP contribution in [-0.4, -0.2) is 48.1 Å². The van der Waals surface area contributed by atoms with Crippen LogP contribution in [0.2, 0.25) is 0 Å². The molecule has 6 rings (SSSR count). The fourth-order valence-electron chi connectivity index (χ4n) is 4.94. The molecule has 5 atom stereocenters. The average molecular weight is 537 g/mol. The highest BCUT2D eigenvalue weighted by molar-refractivity contribution is 5.93. The molecule has 0 saturated carbocycles. The molecule has 0 aliphatic carbocycles. The summed E-state index contributed by atoms with van der Waals surface area (Å²) >= 11 is 0. The second kappa shape index (κ2) is 13.0.